The van der Waals surface area contributed by atoms with Crippen molar-refractivity contribution >= 4 is 24.7 Å². The van der Waals surface area contributed by atoms with Gasteiger partial charge in [-0.05, 0) is 12.9 Å². The summed E-state index contributed by atoms with van der Waals surface area (Å²) in [6.07, 6.45) is 0.293. The first-order valence-corrected chi connectivity index (χ1v) is 3.82. The molecule has 0 amide bonds. The number of thiol groups is 1. The number of hydrogen-bond donors (Lipinski definition) is 3. The average molecular weight is 191 g/mol. The van der Waals surface area contributed by atoms with Gasteiger partial charge < -0.3 is 5.11 Å². The number of hydroxylamine groups is 1. The van der Waals surface area contributed by atoms with Crippen molar-refractivity contribution in [3.63, 3.8) is 0 Å². The number of carboxylic acids is 1. The van der Waals surface area contributed by atoms with Crippen molar-refractivity contribution in [2.24, 2.45) is 5.92 Å². The third-order valence-corrected chi connectivity index (χ3v) is 2.00. The molecule has 0 aromatic carbocycles. The molecule has 1 saturated carbocycles. The minimum absolute atomic E-state index is 0.0133. The number of carbonyl (C=O) groups is 2. The molecular weight excluding hydrogens is 182 g/mol. The van der Waals surface area contributed by atoms with Gasteiger partial charge in [-0.15, -0.1) is 0 Å². The second-order valence-corrected chi connectivity index (χ2v) is 2.90. The summed E-state index contributed by atoms with van der Waals surface area (Å²) in [6.45, 7) is 0. The summed E-state index contributed by atoms with van der Waals surface area (Å²) in [5.41, 5.74) is 2.34. The molecule has 0 heterocycles. The van der Waals surface area contributed by atoms with Gasteiger partial charge >= 0.3 is 5.97 Å². The maximum atomic E-state index is 10.8. The molecule has 2 N–H and O–H groups in total. The van der Waals surface area contributed by atoms with Crippen LogP contribution in [0.4, 0.5) is 0 Å². The SMILES string of the molecule is O=C(O)CC1CC(=O)C1NOS. The van der Waals surface area contributed by atoms with Crippen molar-refractivity contribution in [2.75, 3.05) is 0 Å². The molecule has 0 aliphatic heterocycles. The monoisotopic (exact) mass is 191 g/mol. The average Bonchev–Trinajstić information content (AvgIpc) is 1.99. The van der Waals surface area contributed by atoms with E-state index in [0.717, 1.165) is 0 Å². The lowest BCUT2D eigenvalue weighted by atomic mass is 9.77. The van der Waals surface area contributed by atoms with Crippen molar-refractivity contribution < 1.29 is 19.0 Å². The van der Waals surface area contributed by atoms with Crippen molar-refractivity contribution in [1.82, 2.24) is 5.48 Å². The number of hydrogen-bond acceptors (Lipinski definition) is 5. The van der Waals surface area contributed by atoms with Gasteiger partial charge in [0.25, 0.3) is 0 Å². The van der Waals surface area contributed by atoms with Crippen LogP contribution in [0.15, 0.2) is 0 Å². The third kappa shape index (κ3) is 1.96. The van der Waals surface area contributed by atoms with Crippen LogP contribution in [0.5, 0.6) is 0 Å². The Bertz CT molecular complexity index is 208. The van der Waals surface area contributed by atoms with E-state index >= 15 is 0 Å². The van der Waals surface area contributed by atoms with E-state index in [-0.39, 0.29) is 18.1 Å². The number of Topliss-reactive ketones (excluding diaryl/α,β-unsaturated/α-hetero) is 1. The first kappa shape index (κ1) is 9.50. The van der Waals surface area contributed by atoms with E-state index in [4.69, 9.17) is 5.11 Å². The van der Waals surface area contributed by atoms with Crippen LogP contribution in [0.25, 0.3) is 0 Å². The Labute approximate surface area is 74.7 Å². The van der Waals surface area contributed by atoms with Gasteiger partial charge in [-0.25, -0.2) is 4.28 Å². The quantitative estimate of drug-likeness (QED) is 0.325. The van der Waals surface area contributed by atoms with Crippen molar-refractivity contribution in [1.29, 1.82) is 0 Å². The summed E-state index contributed by atoms with van der Waals surface area (Å²) in [7, 11) is 0. The largest absolute Gasteiger partial charge is 0.481 e. The molecule has 0 spiro atoms. The lowest BCUT2D eigenvalue weighted by Crippen LogP contribution is -2.52. The van der Waals surface area contributed by atoms with E-state index in [2.05, 4.69) is 22.7 Å². The Kier molecular flexibility index (Phi) is 3.07. The topological polar surface area (TPSA) is 75.6 Å². The molecule has 0 aromatic rings. The normalized spacial score (nSPS) is 28.2. The fourth-order valence-electron chi connectivity index (χ4n) is 1.24. The van der Waals surface area contributed by atoms with Crippen LogP contribution in [0.1, 0.15) is 12.8 Å². The van der Waals surface area contributed by atoms with Crippen LogP contribution in [0.3, 0.4) is 0 Å². The zero-order valence-corrected chi connectivity index (χ0v) is 7.08. The Hall–Kier alpha value is -0.590. The van der Waals surface area contributed by atoms with Gasteiger partial charge in [0, 0.05) is 12.3 Å². The maximum absolute atomic E-state index is 10.8. The molecular formula is C6H9NO4S. The molecule has 5 nitrogen and oxygen atoms in total. The van der Waals surface area contributed by atoms with Crippen LogP contribution < -0.4 is 5.48 Å². The highest BCUT2D eigenvalue weighted by molar-refractivity contribution is 7.75. The van der Waals surface area contributed by atoms with Gasteiger partial charge in [-0.2, -0.15) is 5.48 Å². The molecule has 0 saturated heterocycles. The lowest BCUT2D eigenvalue weighted by molar-refractivity contribution is -0.143. The third-order valence-electron chi connectivity index (χ3n) is 1.90. The van der Waals surface area contributed by atoms with E-state index in [1.165, 1.54) is 0 Å². The van der Waals surface area contributed by atoms with Crippen LogP contribution in [0.2, 0.25) is 0 Å². The Morgan fingerprint density at radius 1 is 1.83 bits per heavy atom. The van der Waals surface area contributed by atoms with Gasteiger partial charge in [0.05, 0.1) is 12.5 Å². The van der Waals surface area contributed by atoms with Crippen LogP contribution in [-0.2, 0) is 13.9 Å². The summed E-state index contributed by atoms with van der Waals surface area (Å²) >= 11 is 3.41. The second kappa shape index (κ2) is 3.88. The molecule has 2 unspecified atom stereocenters. The minimum Gasteiger partial charge on any atom is -0.481 e. The summed E-state index contributed by atoms with van der Waals surface area (Å²) < 4.78 is 4.26. The standard InChI is InChI=1S/C6H9NO4S/c8-4-1-3(2-5(9)10)6(4)7-11-12/h3,6-7,12H,1-2H2,(H,9,10). The highest BCUT2D eigenvalue weighted by Gasteiger charge is 2.40. The van der Waals surface area contributed by atoms with Crippen molar-refractivity contribution in [2.45, 2.75) is 18.9 Å². The first-order chi connectivity index (χ1) is 5.65. The highest BCUT2D eigenvalue weighted by Crippen LogP contribution is 2.27. The summed E-state index contributed by atoms with van der Waals surface area (Å²) in [5.74, 6) is -1.10. The highest BCUT2D eigenvalue weighted by atomic mass is 32.1. The van der Waals surface area contributed by atoms with Crippen LogP contribution in [-0.4, -0.2) is 22.9 Å². The van der Waals surface area contributed by atoms with E-state index in [1.54, 1.807) is 0 Å². The molecule has 0 aromatic heterocycles. The number of ketones is 1. The molecule has 0 bridgehead atoms. The van der Waals surface area contributed by atoms with E-state index in [9.17, 15) is 9.59 Å². The Morgan fingerprint density at radius 3 is 2.92 bits per heavy atom. The molecule has 1 fully saturated rings. The summed E-state index contributed by atoms with van der Waals surface area (Å²) in [6, 6.07) is -0.501. The molecule has 1 aliphatic rings. The fraction of sp³-hybridized carbons (Fsp3) is 0.667. The van der Waals surface area contributed by atoms with E-state index < -0.39 is 12.0 Å². The number of carbonyl (C=O) groups excluding carboxylic acids is 1. The van der Waals surface area contributed by atoms with Gasteiger partial charge in [0.1, 0.15) is 0 Å². The maximum Gasteiger partial charge on any atom is 0.303 e. The van der Waals surface area contributed by atoms with Crippen LogP contribution in [0, 0.1) is 5.92 Å². The molecule has 12 heavy (non-hydrogen) atoms. The number of rotatable bonds is 4. The fourth-order valence-corrected chi connectivity index (χ4v) is 1.35. The number of aliphatic carboxylic acids is 1. The Balaban J connectivity index is 2.37. The summed E-state index contributed by atoms with van der Waals surface area (Å²) in [4.78, 5) is 21.1. The molecule has 0 radical (unpaired) electrons. The zero-order chi connectivity index (χ0) is 9.14. The smallest absolute Gasteiger partial charge is 0.303 e. The first-order valence-electron chi connectivity index (χ1n) is 3.45. The van der Waals surface area contributed by atoms with Gasteiger partial charge in [0.2, 0.25) is 0 Å². The van der Waals surface area contributed by atoms with E-state index in [1.807, 2.05) is 0 Å². The predicted octanol–water partition coefficient (Wildman–Crippen LogP) is -0.215. The summed E-state index contributed by atoms with van der Waals surface area (Å²) in [5, 5.41) is 8.42. The lowest BCUT2D eigenvalue weighted by Gasteiger charge is -2.32. The number of carboxylic acid groups (broad SMARTS) is 1. The minimum atomic E-state index is -0.904. The molecule has 6 heteroatoms. The van der Waals surface area contributed by atoms with Crippen LogP contribution >= 0.6 is 12.9 Å². The van der Waals surface area contributed by atoms with E-state index in [0.29, 0.717) is 6.42 Å². The molecule has 68 valence electrons. The predicted molar refractivity (Wildman–Crippen MR) is 42.4 cm³/mol. The Morgan fingerprint density at radius 2 is 2.50 bits per heavy atom. The van der Waals surface area contributed by atoms with Crippen molar-refractivity contribution in [3.05, 3.63) is 0 Å². The molecule has 1 rings (SSSR count). The second-order valence-electron chi connectivity index (χ2n) is 2.72. The van der Waals surface area contributed by atoms with Gasteiger partial charge in [-0.3, -0.25) is 9.59 Å². The van der Waals surface area contributed by atoms with Gasteiger partial charge in [0.15, 0.2) is 5.78 Å². The number of nitrogens with one attached hydrogen (secondary N) is 1. The zero-order valence-electron chi connectivity index (χ0n) is 6.19. The molecule has 2 atom stereocenters. The van der Waals surface area contributed by atoms with Gasteiger partial charge in [-0.1, -0.05) is 0 Å². The van der Waals surface area contributed by atoms with Crippen molar-refractivity contribution in [3.8, 4) is 0 Å². The molecule has 1 aliphatic carbocycles.